The summed E-state index contributed by atoms with van der Waals surface area (Å²) in [6, 6.07) is 14.6. The van der Waals surface area contributed by atoms with Gasteiger partial charge in [0.05, 0.1) is 13.7 Å². The van der Waals surface area contributed by atoms with Crippen molar-refractivity contribution >= 4 is 11.6 Å². The van der Waals surface area contributed by atoms with Gasteiger partial charge in [0, 0.05) is 5.69 Å². The molecule has 5 heteroatoms. The number of hydrogen-bond donors (Lipinski definition) is 1. The van der Waals surface area contributed by atoms with Gasteiger partial charge in [0.1, 0.15) is 5.75 Å². The second kappa shape index (κ2) is 9.57. The molecule has 1 N–H and O–H groups in total. The van der Waals surface area contributed by atoms with Crippen LogP contribution in [0.1, 0.15) is 26.7 Å². The van der Waals surface area contributed by atoms with E-state index in [2.05, 4.69) is 12.2 Å². The monoisotopic (exact) mass is 343 g/mol. The van der Waals surface area contributed by atoms with Crippen LogP contribution in [0.4, 0.5) is 5.69 Å². The van der Waals surface area contributed by atoms with Crippen molar-refractivity contribution in [2.24, 2.45) is 0 Å². The van der Waals surface area contributed by atoms with Crippen LogP contribution in [0.15, 0.2) is 48.5 Å². The average Bonchev–Trinajstić information content (AvgIpc) is 2.63. The molecule has 0 heterocycles. The Morgan fingerprint density at radius 2 is 1.76 bits per heavy atom. The molecule has 2 aromatic rings. The van der Waals surface area contributed by atoms with Crippen LogP contribution in [0.25, 0.3) is 0 Å². The van der Waals surface area contributed by atoms with Gasteiger partial charge in [0.25, 0.3) is 5.91 Å². The molecular formula is C20H25NO4. The molecule has 134 valence electrons. The van der Waals surface area contributed by atoms with Crippen LogP contribution in [-0.2, 0) is 4.79 Å². The van der Waals surface area contributed by atoms with Crippen LogP contribution in [0.2, 0.25) is 0 Å². The first-order valence-electron chi connectivity index (χ1n) is 8.47. The van der Waals surface area contributed by atoms with Crippen LogP contribution >= 0.6 is 0 Å². The predicted octanol–water partition coefficient (Wildman–Crippen LogP) is 4.28. The lowest BCUT2D eigenvalue weighted by Crippen LogP contribution is -2.30. The number of anilines is 1. The van der Waals surface area contributed by atoms with Gasteiger partial charge in [-0.05, 0) is 49.7 Å². The van der Waals surface area contributed by atoms with Crippen LogP contribution in [0, 0.1) is 0 Å². The standard InChI is InChI=1S/C20H25NO4/c1-4-5-14-24-17-12-10-16(11-13-17)21-20(22)15(2)25-19-9-7-6-8-18(19)23-3/h6-13,15H,4-5,14H2,1-3H3,(H,21,22)/t15-/m0/s1. The summed E-state index contributed by atoms with van der Waals surface area (Å²) in [5.74, 6) is 1.69. The summed E-state index contributed by atoms with van der Waals surface area (Å²) in [7, 11) is 1.57. The largest absolute Gasteiger partial charge is 0.494 e. The number of carbonyl (C=O) groups excluding carboxylic acids is 1. The third-order valence-corrected chi connectivity index (χ3v) is 3.63. The Kier molecular flexibility index (Phi) is 7.14. The Hall–Kier alpha value is -2.69. The molecule has 0 unspecified atom stereocenters. The molecule has 2 aromatic carbocycles. The zero-order chi connectivity index (χ0) is 18.1. The lowest BCUT2D eigenvalue weighted by atomic mass is 10.2. The van der Waals surface area contributed by atoms with E-state index in [1.54, 1.807) is 26.2 Å². The Labute approximate surface area is 148 Å². The Morgan fingerprint density at radius 3 is 2.40 bits per heavy atom. The third-order valence-electron chi connectivity index (χ3n) is 3.63. The van der Waals surface area contributed by atoms with Crippen molar-refractivity contribution in [3.8, 4) is 17.2 Å². The third kappa shape index (κ3) is 5.71. The van der Waals surface area contributed by atoms with E-state index >= 15 is 0 Å². The number of carbonyl (C=O) groups is 1. The minimum absolute atomic E-state index is 0.231. The van der Waals surface area contributed by atoms with Crippen LogP contribution in [0.3, 0.4) is 0 Å². The molecule has 0 fully saturated rings. The maximum Gasteiger partial charge on any atom is 0.265 e. The first-order valence-corrected chi connectivity index (χ1v) is 8.47. The van der Waals surface area contributed by atoms with Crippen molar-refractivity contribution in [2.45, 2.75) is 32.8 Å². The Balaban J connectivity index is 1.90. The highest BCUT2D eigenvalue weighted by atomic mass is 16.5. The summed E-state index contributed by atoms with van der Waals surface area (Å²) < 4.78 is 16.5. The van der Waals surface area contributed by atoms with E-state index in [4.69, 9.17) is 14.2 Å². The van der Waals surface area contributed by atoms with Gasteiger partial charge in [-0.15, -0.1) is 0 Å². The number of rotatable bonds is 9. The molecule has 5 nitrogen and oxygen atoms in total. The smallest absolute Gasteiger partial charge is 0.265 e. The van der Waals surface area contributed by atoms with Gasteiger partial charge >= 0.3 is 0 Å². The van der Waals surface area contributed by atoms with Crippen molar-refractivity contribution in [3.63, 3.8) is 0 Å². The number of amides is 1. The van der Waals surface area contributed by atoms with Crippen LogP contribution in [0.5, 0.6) is 17.2 Å². The van der Waals surface area contributed by atoms with Crippen molar-refractivity contribution < 1.29 is 19.0 Å². The first kappa shape index (κ1) is 18.6. The SMILES string of the molecule is CCCCOc1ccc(NC(=O)[C@H](C)Oc2ccccc2OC)cc1. The summed E-state index contributed by atoms with van der Waals surface area (Å²) in [4.78, 5) is 12.3. The van der Waals surface area contributed by atoms with E-state index in [0.29, 0.717) is 23.8 Å². The molecule has 0 aromatic heterocycles. The Morgan fingerprint density at radius 1 is 1.08 bits per heavy atom. The molecule has 0 bridgehead atoms. The second-order valence-corrected chi connectivity index (χ2v) is 5.63. The highest BCUT2D eigenvalue weighted by molar-refractivity contribution is 5.94. The number of nitrogens with one attached hydrogen (secondary N) is 1. The molecule has 0 aliphatic heterocycles. The van der Waals surface area contributed by atoms with E-state index in [-0.39, 0.29) is 5.91 Å². The summed E-state index contributed by atoms with van der Waals surface area (Å²) in [6.45, 7) is 4.52. The predicted molar refractivity (Wildman–Crippen MR) is 98.6 cm³/mol. The normalized spacial score (nSPS) is 11.5. The maximum atomic E-state index is 12.3. The lowest BCUT2D eigenvalue weighted by molar-refractivity contribution is -0.122. The van der Waals surface area contributed by atoms with Crippen LogP contribution in [-0.4, -0.2) is 25.7 Å². The summed E-state index contributed by atoms with van der Waals surface area (Å²) >= 11 is 0. The van der Waals surface area contributed by atoms with E-state index in [1.165, 1.54) is 0 Å². The number of hydrogen-bond acceptors (Lipinski definition) is 4. The highest BCUT2D eigenvalue weighted by Crippen LogP contribution is 2.27. The Bertz CT molecular complexity index is 670. The molecule has 0 aliphatic carbocycles. The first-order chi connectivity index (χ1) is 12.1. The van der Waals surface area contributed by atoms with E-state index < -0.39 is 6.10 Å². The molecule has 0 spiro atoms. The number of para-hydroxylation sites is 2. The summed E-state index contributed by atoms with van der Waals surface area (Å²) in [5, 5.41) is 2.83. The van der Waals surface area contributed by atoms with Gasteiger partial charge in [-0.3, -0.25) is 4.79 Å². The van der Waals surface area contributed by atoms with Crippen molar-refractivity contribution in [2.75, 3.05) is 19.0 Å². The summed E-state index contributed by atoms with van der Waals surface area (Å²) in [5.41, 5.74) is 0.698. The van der Waals surface area contributed by atoms with Crippen LogP contribution < -0.4 is 19.5 Å². The lowest BCUT2D eigenvalue weighted by Gasteiger charge is -2.16. The van der Waals surface area contributed by atoms with E-state index in [0.717, 1.165) is 18.6 Å². The van der Waals surface area contributed by atoms with E-state index in [9.17, 15) is 4.79 Å². The van der Waals surface area contributed by atoms with Gasteiger partial charge in [-0.2, -0.15) is 0 Å². The fraction of sp³-hybridized carbons (Fsp3) is 0.350. The maximum absolute atomic E-state index is 12.3. The molecule has 0 saturated heterocycles. The number of benzene rings is 2. The van der Waals surface area contributed by atoms with E-state index in [1.807, 2.05) is 36.4 Å². The molecule has 25 heavy (non-hydrogen) atoms. The van der Waals surface area contributed by atoms with Gasteiger partial charge in [0.15, 0.2) is 17.6 Å². The number of unbranched alkanes of at least 4 members (excludes halogenated alkanes) is 1. The molecular weight excluding hydrogens is 318 g/mol. The summed E-state index contributed by atoms with van der Waals surface area (Å²) in [6.07, 6.45) is 1.46. The minimum atomic E-state index is -0.656. The minimum Gasteiger partial charge on any atom is -0.494 e. The molecule has 1 amide bonds. The van der Waals surface area contributed by atoms with Crippen molar-refractivity contribution in [3.05, 3.63) is 48.5 Å². The molecule has 0 aliphatic rings. The fourth-order valence-corrected chi connectivity index (χ4v) is 2.17. The topological polar surface area (TPSA) is 56.8 Å². The van der Waals surface area contributed by atoms with Crippen molar-refractivity contribution in [1.29, 1.82) is 0 Å². The molecule has 0 radical (unpaired) electrons. The fourth-order valence-electron chi connectivity index (χ4n) is 2.17. The number of ether oxygens (including phenoxy) is 3. The zero-order valence-corrected chi connectivity index (χ0v) is 15.0. The van der Waals surface area contributed by atoms with Gasteiger partial charge < -0.3 is 19.5 Å². The zero-order valence-electron chi connectivity index (χ0n) is 15.0. The van der Waals surface area contributed by atoms with Gasteiger partial charge in [0.2, 0.25) is 0 Å². The molecule has 2 rings (SSSR count). The molecule has 1 atom stereocenters. The average molecular weight is 343 g/mol. The quantitative estimate of drug-likeness (QED) is 0.691. The second-order valence-electron chi connectivity index (χ2n) is 5.63. The number of methoxy groups -OCH3 is 1. The van der Waals surface area contributed by atoms with Gasteiger partial charge in [-0.25, -0.2) is 0 Å². The van der Waals surface area contributed by atoms with Crippen molar-refractivity contribution in [1.82, 2.24) is 0 Å². The molecule has 0 saturated carbocycles. The van der Waals surface area contributed by atoms with Gasteiger partial charge in [-0.1, -0.05) is 25.5 Å². The highest BCUT2D eigenvalue weighted by Gasteiger charge is 2.16.